The number of benzene rings is 2. The number of rotatable bonds is 5. The van der Waals surface area contributed by atoms with Gasteiger partial charge in [-0.05, 0) is 49.7 Å². The van der Waals surface area contributed by atoms with Crippen molar-refractivity contribution in [2.45, 2.75) is 13.5 Å². The molecule has 0 aliphatic carbocycles. The molecule has 0 unspecified atom stereocenters. The van der Waals surface area contributed by atoms with Crippen LogP contribution < -0.4 is 10.1 Å². The summed E-state index contributed by atoms with van der Waals surface area (Å²) in [7, 11) is 3.61. The van der Waals surface area contributed by atoms with E-state index in [1.807, 2.05) is 40.7 Å². The van der Waals surface area contributed by atoms with Gasteiger partial charge in [0.15, 0.2) is 0 Å². The third-order valence-electron chi connectivity index (χ3n) is 5.83. The topological polar surface area (TPSA) is 66.8 Å². The van der Waals surface area contributed by atoms with Gasteiger partial charge in [-0.3, -0.25) is 9.59 Å². The number of para-hydroxylation sites is 1. The van der Waals surface area contributed by atoms with Gasteiger partial charge < -0.3 is 24.4 Å². The normalized spacial score (nSPS) is 14.6. The highest BCUT2D eigenvalue weighted by atomic mass is 16.5. The number of methoxy groups -OCH3 is 1. The van der Waals surface area contributed by atoms with Crippen molar-refractivity contribution in [3.05, 3.63) is 59.8 Å². The number of aromatic nitrogens is 1. The number of fused-ring (bicyclic) bond motifs is 1. The first-order chi connectivity index (χ1) is 15.0. The minimum atomic E-state index is -0.174. The van der Waals surface area contributed by atoms with Gasteiger partial charge in [0, 0.05) is 43.0 Å². The SMILES string of the molecule is COc1ccc(C(=O)N2CCN(C)CC2)cc1NC(=O)Cn1c(C)cc2ccccc21. The minimum Gasteiger partial charge on any atom is -0.495 e. The number of carbonyl (C=O) groups excluding carboxylic acids is 2. The Bertz CT molecular complexity index is 1110. The second-order valence-corrected chi connectivity index (χ2v) is 7.99. The molecule has 31 heavy (non-hydrogen) atoms. The molecular weight excluding hydrogens is 392 g/mol. The summed E-state index contributed by atoms with van der Waals surface area (Å²) in [6, 6.07) is 15.2. The van der Waals surface area contributed by atoms with E-state index in [9.17, 15) is 9.59 Å². The Kier molecular flexibility index (Phi) is 5.95. The highest BCUT2D eigenvalue weighted by molar-refractivity contribution is 5.98. The number of nitrogens with one attached hydrogen (secondary N) is 1. The Morgan fingerprint density at radius 1 is 1.03 bits per heavy atom. The maximum Gasteiger partial charge on any atom is 0.254 e. The highest BCUT2D eigenvalue weighted by Gasteiger charge is 2.22. The standard InChI is InChI=1S/C24H28N4O3/c1-17-14-18-6-4-5-7-21(18)28(17)16-23(29)25-20-15-19(8-9-22(20)31-3)24(30)27-12-10-26(2)11-13-27/h4-9,14-15H,10-13,16H2,1-3H3,(H,25,29). The van der Waals surface area contributed by atoms with Gasteiger partial charge >= 0.3 is 0 Å². The molecule has 1 saturated heterocycles. The highest BCUT2D eigenvalue weighted by Crippen LogP contribution is 2.27. The molecule has 0 spiro atoms. The van der Waals surface area contributed by atoms with Crippen LogP contribution in [0.4, 0.5) is 5.69 Å². The zero-order valence-electron chi connectivity index (χ0n) is 18.2. The molecule has 1 aliphatic rings. The van der Waals surface area contributed by atoms with Crippen molar-refractivity contribution in [1.82, 2.24) is 14.4 Å². The Morgan fingerprint density at radius 2 is 1.77 bits per heavy atom. The number of anilines is 1. The van der Waals surface area contributed by atoms with Crippen molar-refractivity contribution in [1.29, 1.82) is 0 Å². The van der Waals surface area contributed by atoms with Crippen molar-refractivity contribution in [3.8, 4) is 5.75 Å². The molecule has 2 heterocycles. The van der Waals surface area contributed by atoms with Crippen LogP contribution in [0.15, 0.2) is 48.5 Å². The quantitative estimate of drug-likeness (QED) is 0.689. The fourth-order valence-electron chi connectivity index (χ4n) is 4.02. The third kappa shape index (κ3) is 4.41. The van der Waals surface area contributed by atoms with Crippen molar-refractivity contribution in [2.24, 2.45) is 0 Å². The van der Waals surface area contributed by atoms with Gasteiger partial charge in [0.1, 0.15) is 12.3 Å². The molecular formula is C24H28N4O3. The van der Waals surface area contributed by atoms with E-state index in [-0.39, 0.29) is 18.4 Å². The molecule has 0 atom stereocenters. The molecule has 7 heteroatoms. The van der Waals surface area contributed by atoms with Gasteiger partial charge in [-0.2, -0.15) is 0 Å². The van der Waals surface area contributed by atoms with E-state index < -0.39 is 0 Å². The lowest BCUT2D eigenvalue weighted by molar-refractivity contribution is -0.116. The molecule has 162 valence electrons. The molecule has 2 aromatic carbocycles. The number of amides is 2. The lowest BCUT2D eigenvalue weighted by Gasteiger charge is -2.32. The number of piperazine rings is 1. The number of hydrogen-bond donors (Lipinski definition) is 1. The van der Waals surface area contributed by atoms with Gasteiger partial charge in [-0.1, -0.05) is 18.2 Å². The maximum atomic E-state index is 12.9. The molecule has 1 fully saturated rings. The molecule has 4 rings (SSSR count). The molecule has 7 nitrogen and oxygen atoms in total. The van der Waals surface area contributed by atoms with Crippen LogP contribution in [0.25, 0.3) is 10.9 Å². The number of nitrogens with zero attached hydrogens (tertiary/aromatic N) is 3. The van der Waals surface area contributed by atoms with Crippen LogP contribution in [0.1, 0.15) is 16.1 Å². The fourth-order valence-corrected chi connectivity index (χ4v) is 4.02. The predicted molar refractivity (Wildman–Crippen MR) is 122 cm³/mol. The van der Waals surface area contributed by atoms with Crippen LogP contribution in [-0.4, -0.2) is 66.5 Å². The van der Waals surface area contributed by atoms with Gasteiger partial charge in [0.25, 0.3) is 5.91 Å². The second-order valence-electron chi connectivity index (χ2n) is 7.99. The molecule has 0 bridgehead atoms. The predicted octanol–water partition coefficient (Wildman–Crippen LogP) is 2.98. The summed E-state index contributed by atoms with van der Waals surface area (Å²) in [5.74, 6) is 0.322. The number of hydrogen-bond acceptors (Lipinski definition) is 4. The Hall–Kier alpha value is -3.32. The van der Waals surface area contributed by atoms with E-state index in [0.29, 0.717) is 30.1 Å². The zero-order valence-corrected chi connectivity index (χ0v) is 18.2. The summed E-state index contributed by atoms with van der Waals surface area (Å²) in [5.41, 5.74) is 3.08. The van der Waals surface area contributed by atoms with Crippen LogP contribution in [0.3, 0.4) is 0 Å². The summed E-state index contributed by atoms with van der Waals surface area (Å²) < 4.78 is 7.40. The molecule has 0 saturated carbocycles. The van der Waals surface area contributed by atoms with Gasteiger partial charge in [0.2, 0.25) is 5.91 Å². The Morgan fingerprint density at radius 3 is 2.52 bits per heavy atom. The van der Waals surface area contributed by atoms with Crippen molar-refractivity contribution >= 4 is 28.4 Å². The van der Waals surface area contributed by atoms with Crippen LogP contribution in [0.2, 0.25) is 0 Å². The summed E-state index contributed by atoms with van der Waals surface area (Å²) in [6.45, 7) is 5.28. The van der Waals surface area contributed by atoms with E-state index in [4.69, 9.17) is 4.74 Å². The molecule has 2 amide bonds. The number of carbonyl (C=O) groups is 2. The lowest BCUT2D eigenvalue weighted by atomic mass is 10.1. The van der Waals surface area contributed by atoms with E-state index in [0.717, 1.165) is 29.7 Å². The smallest absolute Gasteiger partial charge is 0.254 e. The number of likely N-dealkylation sites (N-methyl/N-ethyl adjacent to an activating group) is 1. The third-order valence-corrected chi connectivity index (χ3v) is 5.83. The molecule has 0 radical (unpaired) electrons. The van der Waals surface area contributed by atoms with Crippen molar-refractivity contribution < 1.29 is 14.3 Å². The molecule has 3 aromatic rings. The van der Waals surface area contributed by atoms with Gasteiger partial charge in [0.05, 0.1) is 12.8 Å². The largest absolute Gasteiger partial charge is 0.495 e. The Labute approximate surface area is 182 Å². The average Bonchev–Trinajstić information content (AvgIpc) is 3.08. The summed E-state index contributed by atoms with van der Waals surface area (Å²) in [6.07, 6.45) is 0. The first-order valence-corrected chi connectivity index (χ1v) is 10.5. The van der Waals surface area contributed by atoms with Gasteiger partial charge in [-0.15, -0.1) is 0 Å². The van der Waals surface area contributed by atoms with E-state index in [1.54, 1.807) is 25.3 Å². The number of ether oxygens (including phenoxy) is 1. The average molecular weight is 421 g/mol. The van der Waals surface area contributed by atoms with Crippen LogP contribution in [0.5, 0.6) is 5.75 Å². The minimum absolute atomic E-state index is 0.0292. The van der Waals surface area contributed by atoms with Crippen molar-refractivity contribution in [3.63, 3.8) is 0 Å². The second kappa shape index (κ2) is 8.81. The van der Waals surface area contributed by atoms with Gasteiger partial charge in [-0.25, -0.2) is 0 Å². The molecule has 1 N–H and O–H groups in total. The van der Waals surface area contributed by atoms with Crippen LogP contribution >= 0.6 is 0 Å². The monoisotopic (exact) mass is 420 g/mol. The summed E-state index contributed by atoms with van der Waals surface area (Å²) in [4.78, 5) is 29.9. The number of aryl methyl sites for hydroxylation is 1. The molecule has 1 aromatic heterocycles. The Balaban J connectivity index is 1.53. The van der Waals surface area contributed by atoms with E-state index in [2.05, 4.69) is 23.3 Å². The maximum absolute atomic E-state index is 12.9. The van der Waals surface area contributed by atoms with E-state index >= 15 is 0 Å². The first-order valence-electron chi connectivity index (χ1n) is 10.5. The summed E-state index contributed by atoms with van der Waals surface area (Å²) in [5, 5.41) is 4.04. The fraction of sp³-hybridized carbons (Fsp3) is 0.333. The van der Waals surface area contributed by atoms with Crippen molar-refractivity contribution in [2.75, 3.05) is 45.7 Å². The van der Waals surface area contributed by atoms with Crippen LogP contribution in [-0.2, 0) is 11.3 Å². The van der Waals surface area contributed by atoms with Crippen LogP contribution in [0, 0.1) is 6.92 Å². The first kappa shape index (κ1) is 20.9. The van der Waals surface area contributed by atoms with E-state index in [1.165, 1.54) is 0 Å². The lowest BCUT2D eigenvalue weighted by Crippen LogP contribution is -2.47. The zero-order chi connectivity index (χ0) is 22.0. The molecule has 1 aliphatic heterocycles. The summed E-state index contributed by atoms with van der Waals surface area (Å²) >= 11 is 0.